The molecule has 2 aromatic carbocycles. The lowest BCUT2D eigenvalue weighted by Crippen LogP contribution is -2.48. The lowest BCUT2D eigenvalue weighted by atomic mass is 10.1. The number of carbonyl (C=O) groups is 2. The van der Waals surface area contributed by atoms with Gasteiger partial charge in [0.05, 0.1) is 6.61 Å². The Morgan fingerprint density at radius 2 is 1.75 bits per heavy atom. The number of para-hydroxylation sites is 1. The molecule has 150 valence electrons. The van der Waals surface area contributed by atoms with Crippen molar-refractivity contribution in [2.45, 2.75) is 45.7 Å². The smallest absolute Gasteiger partial charge is 0.242 e. The maximum atomic E-state index is 12.9. The molecule has 2 amide bonds. The quantitative estimate of drug-likeness (QED) is 0.637. The highest BCUT2D eigenvalue weighted by Gasteiger charge is 2.27. The van der Waals surface area contributed by atoms with E-state index in [9.17, 15) is 9.59 Å². The first kappa shape index (κ1) is 21.5. The van der Waals surface area contributed by atoms with Gasteiger partial charge in [0.15, 0.2) is 0 Å². The number of amides is 2. The lowest BCUT2D eigenvalue weighted by molar-refractivity contribution is -0.141. The highest BCUT2D eigenvalue weighted by atomic mass is 16.5. The molecule has 1 atom stereocenters. The Morgan fingerprint density at radius 3 is 2.36 bits per heavy atom. The summed E-state index contributed by atoms with van der Waals surface area (Å²) in [6.45, 7) is 4.84. The molecule has 0 saturated carbocycles. The van der Waals surface area contributed by atoms with Gasteiger partial charge in [-0.2, -0.15) is 0 Å². The highest BCUT2D eigenvalue weighted by Crippen LogP contribution is 2.15. The molecule has 0 aliphatic carbocycles. The fourth-order valence-corrected chi connectivity index (χ4v) is 3.05. The molecule has 0 aliphatic heterocycles. The van der Waals surface area contributed by atoms with Gasteiger partial charge in [-0.05, 0) is 37.5 Å². The summed E-state index contributed by atoms with van der Waals surface area (Å²) in [7, 11) is 1.60. The van der Waals surface area contributed by atoms with Gasteiger partial charge in [-0.3, -0.25) is 9.59 Å². The number of benzene rings is 2. The summed E-state index contributed by atoms with van der Waals surface area (Å²) < 4.78 is 5.67. The van der Waals surface area contributed by atoms with E-state index >= 15 is 0 Å². The van der Waals surface area contributed by atoms with Crippen LogP contribution >= 0.6 is 0 Å². The Kier molecular flexibility index (Phi) is 8.53. The van der Waals surface area contributed by atoms with Crippen molar-refractivity contribution in [2.24, 2.45) is 0 Å². The summed E-state index contributed by atoms with van der Waals surface area (Å²) in [6.07, 6.45) is 1.51. The van der Waals surface area contributed by atoms with E-state index in [2.05, 4.69) is 5.32 Å². The SMILES string of the molecule is CC[C@@H](C(=O)NC)N(Cc1ccc(C)cc1)C(=O)CCCOc1ccccc1. The van der Waals surface area contributed by atoms with E-state index in [0.717, 1.165) is 16.9 Å². The first-order chi connectivity index (χ1) is 13.5. The Balaban J connectivity index is 2.00. The summed E-state index contributed by atoms with van der Waals surface area (Å²) in [5.41, 5.74) is 2.18. The molecule has 0 bridgehead atoms. The Bertz CT molecular complexity index is 744. The molecule has 0 fully saturated rings. The second-order valence-corrected chi connectivity index (χ2v) is 6.81. The van der Waals surface area contributed by atoms with E-state index < -0.39 is 6.04 Å². The van der Waals surface area contributed by atoms with Gasteiger partial charge in [-0.1, -0.05) is 55.0 Å². The van der Waals surface area contributed by atoms with E-state index in [1.165, 1.54) is 0 Å². The second-order valence-electron chi connectivity index (χ2n) is 6.81. The molecule has 2 rings (SSSR count). The number of nitrogens with zero attached hydrogens (tertiary/aromatic N) is 1. The molecular weight excluding hydrogens is 352 g/mol. The van der Waals surface area contributed by atoms with E-state index in [0.29, 0.717) is 32.4 Å². The van der Waals surface area contributed by atoms with Crippen molar-refractivity contribution in [1.82, 2.24) is 10.2 Å². The Hall–Kier alpha value is -2.82. The van der Waals surface area contributed by atoms with Crippen molar-refractivity contribution < 1.29 is 14.3 Å². The van der Waals surface area contributed by atoms with Crippen LogP contribution in [-0.4, -0.2) is 36.4 Å². The van der Waals surface area contributed by atoms with Crippen molar-refractivity contribution in [3.8, 4) is 5.75 Å². The largest absolute Gasteiger partial charge is 0.494 e. The molecule has 28 heavy (non-hydrogen) atoms. The van der Waals surface area contributed by atoms with Crippen molar-refractivity contribution in [2.75, 3.05) is 13.7 Å². The monoisotopic (exact) mass is 382 g/mol. The van der Waals surface area contributed by atoms with Crippen LogP contribution in [0, 0.1) is 6.92 Å². The normalized spacial score (nSPS) is 11.5. The Morgan fingerprint density at radius 1 is 1.07 bits per heavy atom. The average molecular weight is 383 g/mol. The van der Waals surface area contributed by atoms with Gasteiger partial charge in [0.1, 0.15) is 11.8 Å². The van der Waals surface area contributed by atoms with Crippen molar-refractivity contribution in [3.05, 3.63) is 65.7 Å². The van der Waals surface area contributed by atoms with Crippen LogP contribution in [0.4, 0.5) is 0 Å². The summed E-state index contributed by atoms with van der Waals surface area (Å²) in [5.74, 6) is 0.624. The number of rotatable bonds is 10. The number of carbonyl (C=O) groups excluding carboxylic acids is 2. The molecule has 0 aliphatic rings. The number of hydrogen-bond donors (Lipinski definition) is 1. The maximum Gasteiger partial charge on any atom is 0.242 e. The molecule has 0 saturated heterocycles. The first-order valence-corrected chi connectivity index (χ1v) is 9.79. The minimum absolute atomic E-state index is 0.0345. The van der Waals surface area contributed by atoms with E-state index in [1.807, 2.05) is 68.4 Å². The van der Waals surface area contributed by atoms with E-state index in [4.69, 9.17) is 4.74 Å². The van der Waals surface area contributed by atoms with Crippen molar-refractivity contribution in [1.29, 1.82) is 0 Å². The molecular formula is C23H30N2O3. The second kappa shape index (κ2) is 11.1. The number of likely N-dealkylation sites (N-methyl/N-ethyl adjacent to an activating group) is 1. The number of hydrogen-bond acceptors (Lipinski definition) is 3. The van der Waals surface area contributed by atoms with Gasteiger partial charge in [-0.15, -0.1) is 0 Å². The van der Waals surface area contributed by atoms with Gasteiger partial charge in [0, 0.05) is 20.0 Å². The van der Waals surface area contributed by atoms with Gasteiger partial charge >= 0.3 is 0 Å². The topological polar surface area (TPSA) is 58.6 Å². The number of aryl methyl sites for hydroxylation is 1. The fraction of sp³-hybridized carbons (Fsp3) is 0.391. The number of nitrogens with one attached hydrogen (secondary N) is 1. The Labute approximate surface area is 167 Å². The van der Waals surface area contributed by atoms with Gasteiger partial charge in [-0.25, -0.2) is 0 Å². The molecule has 0 radical (unpaired) electrons. The summed E-state index contributed by atoms with van der Waals surface area (Å²) in [5, 5.41) is 2.68. The van der Waals surface area contributed by atoms with Crippen molar-refractivity contribution >= 4 is 11.8 Å². The van der Waals surface area contributed by atoms with Gasteiger partial charge in [0.25, 0.3) is 0 Å². The van der Waals surface area contributed by atoms with Crippen LogP contribution < -0.4 is 10.1 Å². The highest BCUT2D eigenvalue weighted by molar-refractivity contribution is 5.87. The molecule has 1 N–H and O–H groups in total. The van der Waals surface area contributed by atoms with Crippen LogP contribution in [0.5, 0.6) is 5.75 Å². The predicted molar refractivity (Wildman–Crippen MR) is 111 cm³/mol. The van der Waals surface area contributed by atoms with Gasteiger partial charge < -0.3 is 15.0 Å². The van der Waals surface area contributed by atoms with Crippen LogP contribution in [0.2, 0.25) is 0 Å². The minimum Gasteiger partial charge on any atom is -0.494 e. The van der Waals surface area contributed by atoms with E-state index in [1.54, 1.807) is 11.9 Å². The zero-order chi connectivity index (χ0) is 20.4. The molecule has 0 spiro atoms. The zero-order valence-electron chi connectivity index (χ0n) is 17.0. The summed E-state index contributed by atoms with van der Waals surface area (Å²) >= 11 is 0. The summed E-state index contributed by atoms with van der Waals surface area (Å²) in [6, 6.07) is 17.1. The van der Waals surface area contributed by atoms with Crippen LogP contribution in [0.3, 0.4) is 0 Å². The first-order valence-electron chi connectivity index (χ1n) is 9.79. The fourth-order valence-electron chi connectivity index (χ4n) is 3.05. The predicted octanol–water partition coefficient (Wildman–Crippen LogP) is 3.71. The van der Waals surface area contributed by atoms with Crippen molar-refractivity contribution in [3.63, 3.8) is 0 Å². The molecule has 5 nitrogen and oxygen atoms in total. The molecule has 0 unspecified atom stereocenters. The third kappa shape index (κ3) is 6.41. The van der Waals surface area contributed by atoms with E-state index in [-0.39, 0.29) is 11.8 Å². The van der Waals surface area contributed by atoms with Gasteiger partial charge in [0.2, 0.25) is 11.8 Å². The third-order valence-electron chi connectivity index (χ3n) is 4.65. The third-order valence-corrected chi connectivity index (χ3v) is 4.65. The van der Waals surface area contributed by atoms with Crippen LogP contribution in [0.25, 0.3) is 0 Å². The molecule has 2 aromatic rings. The molecule has 5 heteroatoms. The minimum atomic E-state index is -0.478. The molecule has 0 heterocycles. The van der Waals surface area contributed by atoms with Crippen LogP contribution in [0.1, 0.15) is 37.3 Å². The van der Waals surface area contributed by atoms with Crippen LogP contribution in [-0.2, 0) is 16.1 Å². The maximum absolute atomic E-state index is 12.9. The average Bonchev–Trinajstić information content (AvgIpc) is 2.72. The summed E-state index contributed by atoms with van der Waals surface area (Å²) in [4.78, 5) is 26.9. The molecule has 0 aromatic heterocycles. The van der Waals surface area contributed by atoms with Crippen LogP contribution in [0.15, 0.2) is 54.6 Å². The standard InChI is InChI=1S/C23H30N2O3/c1-4-21(23(27)24-3)25(17-19-14-12-18(2)13-15-19)22(26)11-8-16-28-20-9-6-5-7-10-20/h5-7,9-10,12-15,21H,4,8,11,16-17H2,1-3H3,(H,24,27)/t21-/m0/s1. The lowest BCUT2D eigenvalue weighted by Gasteiger charge is -2.30. The zero-order valence-corrected chi connectivity index (χ0v) is 17.0. The number of ether oxygens (including phenoxy) is 1.